The minimum absolute atomic E-state index is 0.00133. The van der Waals surface area contributed by atoms with E-state index >= 15 is 0 Å². The Balaban J connectivity index is 1.37. The molecule has 0 radical (unpaired) electrons. The van der Waals surface area contributed by atoms with E-state index in [9.17, 15) is 29.1 Å². The van der Waals surface area contributed by atoms with Gasteiger partial charge in [-0.2, -0.15) is 0 Å². The van der Waals surface area contributed by atoms with E-state index in [2.05, 4.69) is 16.7 Å². The van der Waals surface area contributed by atoms with Crippen LogP contribution in [0, 0.1) is 5.92 Å². The van der Waals surface area contributed by atoms with E-state index in [-0.39, 0.29) is 31.2 Å². The fraction of sp³-hybridized carbons (Fsp3) is 0.618. The standard InChI is InChI=1S/C34H46N4O8/c1-21-18-37(19-22-12-10-11-14-25(21)22)32(44)45-24-16-27-28(39)36-34(30(41)42)17-23(34)13-8-6-5-7-9-15-26(29(40)38(27)20-24)35-31(43)46-33(2,3)4/h8,10-14,21,23-24,26-27H,5-7,9,15-20H2,1-4H3,(H,35,43)(H,36,39)(H,41,42)/b13-8-/t21-,23-,24+,26-,27-,34+/m0/s1. The summed E-state index contributed by atoms with van der Waals surface area (Å²) in [7, 11) is 0. The van der Waals surface area contributed by atoms with Crippen molar-refractivity contribution in [3.63, 3.8) is 0 Å². The van der Waals surface area contributed by atoms with Gasteiger partial charge in [0.2, 0.25) is 11.8 Å². The minimum atomic E-state index is -1.46. The Labute approximate surface area is 269 Å². The molecule has 2 fully saturated rings. The number of alkyl carbamates (subject to hydrolysis) is 1. The summed E-state index contributed by atoms with van der Waals surface area (Å²) in [4.78, 5) is 69.4. The number of ether oxygens (including phenoxy) is 2. The minimum Gasteiger partial charge on any atom is -0.479 e. The summed E-state index contributed by atoms with van der Waals surface area (Å²) >= 11 is 0. The van der Waals surface area contributed by atoms with Crippen LogP contribution in [0.5, 0.6) is 0 Å². The van der Waals surface area contributed by atoms with Crippen molar-refractivity contribution in [2.24, 2.45) is 5.92 Å². The van der Waals surface area contributed by atoms with Crippen molar-refractivity contribution in [1.82, 2.24) is 20.4 Å². The first-order valence-electron chi connectivity index (χ1n) is 16.3. The Hall–Kier alpha value is -4.09. The molecule has 1 saturated heterocycles. The molecular weight excluding hydrogens is 592 g/mol. The van der Waals surface area contributed by atoms with Crippen LogP contribution in [0.1, 0.15) is 89.7 Å². The molecule has 3 heterocycles. The zero-order valence-corrected chi connectivity index (χ0v) is 27.1. The van der Waals surface area contributed by atoms with Crippen molar-refractivity contribution in [3.05, 3.63) is 47.5 Å². The topological polar surface area (TPSA) is 155 Å². The first kappa shape index (κ1) is 33.3. The van der Waals surface area contributed by atoms with Gasteiger partial charge in [0.1, 0.15) is 29.3 Å². The number of hydrogen-bond acceptors (Lipinski definition) is 7. The number of benzene rings is 1. The average Bonchev–Trinajstić information content (AvgIpc) is 3.52. The van der Waals surface area contributed by atoms with Gasteiger partial charge in [-0.1, -0.05) is 56.2 Å². The lowest BCUT2D eigenvalue weighted by atomic mass is 9.91. The van der Waals surface area contributed by atoms with Gasteiger partial charge < -0.3 is 35.0 Å². The number of aliphatic carboxylic acids is 1. The van der Waals surface area contributed by atoms with E-state index in [1.165, 1.54) is 10.5 Å². The maximum absolute atomic E-state index is 14.1. The molecule has 1 aromatic carbocycles. The number of nitrogens with zero attached hydrogens (tertiary/aromatic N) is 2. The Morgan fingerprint density at radius 3 is 2.59 bits per heavy atom. The number of hydrogen-bond donors (Lipinski definition) is 3. The third kappa shape index (κ3) is 7.47. The maximum Gasteiger partial charge on any atom is 0.410 e. The van der Waals surface area contributed by atoms with Crippen molar-refractivity contribution in [2.75, 3.05) is 13.1 Å². The lowest BCUT2D eigenvalue weighted by molar-refractivity contribution is -0.145. The maximum atomic E-state index is 14.1. The first-order chi connectivity index (χ1) is 21.8. The molecule has 3 N–H and O–H groups in total. The number of carboxylic acid groups (broad SMARTS) is 1. The number of rotatable bonds is 3. The number of nitrogens with one attached hydrogen (secondary N) is 2. The van der Waals surface area contributed by atoms with Crippen molar-refractivity contribution in [3.8, 4) is 0 Å². The molecule has 0 unspecified atom stereocenters. The largest absolute Gasteiger partial charge is 0.479 e. The van der Waals surface area contributed by atoms with E-state index < -0.39 is 59.3 Å². The van der Waals surface area contributed by atoms with Gasteiger partial charge in [0.25, 0.3) is 0 Å². The molecule has 6 atom stereocenters. The number of allylic oxidation sites excluding steroid dienone is 1. The quantitative estimate of drug-likeness (QED) is 0.419. The normalized spacial score (nSPS) is 30.7. The summed E-state index contributed by atoms with van der Waals surface area (Å²) in [5.41, 5.74) is -0.0184. The van der Waals surface area contributed by atoms with E-state index in [0.717, 1.165) is 24.8 Å². The summed E-state index contributed by atoms with van der Waals surface area (Å²) in [6.45, 7) is 8.00. The molecule has 4 amide bonds. The van der Waals surface area contributed by atoms with Crippen LogP contribution in [0.2, 0.25) is 0 Å². The fourth-order valence-corrected chi connectivity index (χ4v) is 6.81. The molecule has 0 bridgehead atoms. The van der Waals surface area contributed by atoms with Gasteiger partial charge in [-0.3, -0.25) is 9.59 Å². The molecule has 1 saturated carbocycles. The van der Waals surface area contributed by atoms with Gasteiger partial charge in [-0.05, 0) is 63.5 Å². The highest BCUT2D eigenvalue weighted by Crippen LogP contribution is 2.45. The van der Waals surface area contributed by atoms with Crippen LogP contribution in [0.4, 0.5) is 9.59 Å². The molecule has 1 aromatic rings. The molecule has 1 aliphatic carbocycles. The van der Waals surface area contributed by atoms with Crippen LogP contribution in [0.15, 0.2) is 36.4 Å². The van der Waals surface area contributed by atoms with Gasteiger partial charge in [-0.25, -0.2) is 14.4 Å². The second kappa shape index (κ2) is 13.3. The second-order valence-electron chi connectivity index (χ2n) is 14.1. The summed E-state index contributed by atoms with van der Waals surface area (Å²) in [6.07, 6.45) is 5.26. The molecule has 5 rings (SSSR count). The number of carboxylic acids is 1. The Morgan fingerprint density at radius 1 is 1.09 bits per heavy atom. The van der Waals surface area contributed by atoms with Gasteiger partial charge >= 0.3 is 18.2 Å². The van der Waals surface area contributed by atoms with Crippen LogP contribution in [0.3, 0.4) is 0 Å². The molecule has 0 spiro atoms. The van der Waals surface area contributed by atoms with E-state index in [1.807, 2.05) is 37.3 Å². The third-order valence-electron chi connectivity index (χ3n) is 9.28. The summed E-state index contributed by atoms with van der Waals surface area (Å²) < 4.78 is 11.3. The lowest BCUT2D eigenvalue weighted by Gasteiger charge is -2.33. The number of carbonyl (C=O) groups is 5. The predicted octanol–water partition coefficient (Wildman–Crippen LogP) is 4.08. The summed E-state index contributed by atoms with van der Waals surface area (Å²) in [5.74, 6) is -2.52. The molecule has 12 nitrogen and oxygen atoms in total. The van der Waals surface area contributed by atoms with Crippen molar-refractivity contribution >= 4 is 30.0 Å². The van der Waals surface area contributed by atoms with Gasteiger partial charge in [-0.15, -0.1) is 0 Å². The van der Waals surface area contributed by atoms with Crippen molar-refractivity contribution in [2.45, 2.75) is 114 Å². The van der Waals surface area contributed by atoms with Gasteiger partial charge in [0.15, 0.2) is 0 Å². The Bertz CT molecular complexity index is 1390. The summed E-state index contributed by atoms with van der Waals surface area (Å²) in [5, 5.41) is 15.5. The number of amides is 4. The van der Waals surface area contributed by atoms with E-state index in [1.54, 1.807) is 25.7 Å². The average molecular weight is 639 g/mol. The predicted molar refractivity (Wildman–Crippen MR) is 168 cm³/mol. The molecule has 3 aliphatic heterocycles. The Kier molecular flexibility index (Phi) is 9.65. The monoisotopic (exact) mass is 638 g/mol. The molecule has 250 valence electrons. The molecule has 12 heteroatoms. The highest BCUT2D eigenvalue weighted by molar-refractivity contribution is 5.96. The smallest absolute Gasteiger partial charge is 0.410 e. The molecule has 46 heavy (non-hydrogen) atoms. The number of fused-ring (bicyclic) bond motifs is 3. The van der Waals surface area contributed by atoms with E-state index in [4.69, 9.17) is 9.47 Å². The first-order valence-corrected chi connectivity index (χ1v) is 16.3. The SMILES string of the molecule is C[C@H]1CN(C(=O)O[C@@H]2C[C@H]3C(=O)N[C@]4(C(=O)O)C[C@@H]4/C=C\CCCCC[C@H](NC(=O)OC(C)(C)C)C(=O)N3C2)Cc2ccccc21. The van der Waals surface area contributed by atoms with Gasteiger partial charge in [0.05, 0.1) is 6.54 Å². The Morgan fingerprint density at radius 2 is 1.85 bits per heavy atom. The van der Waals surface area contributed by atoms with Crippen LogP contribution < -0.4 is 10.6 Å². The van der Waals surface area contributed by atoms with Crippen LogP contribution in [0.25, 0.3) is 0 Å². The molecule has 4 aliphatic rings. The van der Waals surface area contributed by atoms with Crippen molar-refractivity contribution in [1.29, 1.82) is 0 Å². The highest BCUT2D eigenvalue weighted by atomic mass is 16.6. The van der Waals surface area contributed by atoms with Gasteiger partial charge in [0, 0.05) is 25.4 Å². The van der Waals surface area contributed by atoms with Crippen molar-refractivity contribution < 1.29 is 38.6 Å². The molecular formula is C34H46N4O8. The fourth-order valence-electron chi connectivity index (χ4n) is 6.81. The van der Waals surface area contributed by atoms with E-state index in [0.29, 0.717) is 25.9 Å². The highest BCUT2D eigenvalue weighted by Gasteiger charge is 2.61. The molecule has 0 aromatic heterocycles. The second-order valence-corrected chi connectivity index (χ2v) is 14.1. The summed E-state index contributed by atoms with van der Waals surface area (Å²) in [6, 6.07) is 5.86. The van der Waals surface area contributed by atoms with Crippen LogP contribution in [-0.4, -0.2) is 87.3 Å². The number of carbonyl (C=O) groups excluding carboxylic acids is 4. The van der Waals surface area contributed by atoms with Crippen LogP contribution >= 0.6 is 0 Å². The van der Waals surface area contributed by atoms with Crippen LogP contribution in [-0.2, 0) is 30.4 Å². The lowest BCUT2D eigenvalue weighted by Crippen LogP contribution is -2.56. The zero-order chi connectivity index (χ0) is 33.2. The third-order valence-corrected chi connectivity index (χ3v) is 9.28. The zero-order valence-electron chi connectivity index (χ0n) is 27.1.